The van der Waals surface area contributed by atoms with Crippen LogP contribution < -0.4 is 10.2 Å². The molecule has 1 unspecified atom stereocenters. The van der Waals surface area contributed by atoms with Crippen molar-refractivity contribution in [2.45, 2.75) is 39.0 Å². The van der Waals surface area contributed by atoms with E-state index in [2.05, 4.69) is 5.32 Å². The Hall–Kier alpha value is -2.71. The Balaban J connectivity index is 1.74. The molecule has 8 heteroatoms. The van der Waals surface area contributed by atoms with Gasteiger partial charge < -0.3 is 10.2 Å². The number of hydrogen-bond acceptors (Lipinski definition) is 4. The zero-order valence-corrected chi connectivity index (χ0v) is 19.2. The van der Waals surface area contributed by atoms with Crippen LogP contribution in [-0.2, 0) is 19.6 Å². The number of carbonyl (C=O) groups excluding carboxylic acids is 2. The van der Waals surface area contributed by atoms with E-state index < -0.39 is 15.9 Å². The number of hydrogen-bond donors (Lipinski definition) is 1. The third kappa shape index (κ3) is 4.65. The zero-order valence-electron chi connectivity index (χ0n) is 18.4. The second-order valence-corrected chi connectivity index (χ2v) is 9.68. The van der Waals surface area contributed by atoms with Crippen LogP contribution in [0.1, 0.15) is 31.4 Å². The molecule has 0 spiro atoms. The standard InChI is InChI=1S/C23H29N3O4S/c1-5-25(6-2)31(29,30)20-12-10-19(11-13-20)26-15-18(14-21(26)27)23(28)24-22-16(3)8-7-9-17(22)4/h7-13,18H,5-6,14-15H2,1-4H3,(H,24,28). The second kappa shape index (κ2) is 9.20. The number of nitrogens with zero attached hydrogens (tertiary/aromatic N) is 2. The smallest absolute Gasteiger partial charge is 0.243 e. The molecule has 1 aliphatic rings. The minimum atomic E-state index is -3.56. The summed E-state index contributed by atoms with van der Waals surface area (Å²) in [7, 11) is -3.56. The maximum Gasteiger partial charge on any atom is 0.243 e. The van der Waals surface area contributed by atoms with Crippen LogP contribution in [-0.4, -0.2) is 44.2 Å². The molecular weight excluding hydrogens is 414 g/mol. The first-order valence-corrected chi connectivity index (χ1v) is 11.9. The van der Waals surface area contributed by atoms with Gasteiger partial charge in [0.1, 0.15) is 0 Å². The highest BCUT2D eigenvalue weighted by atomic mass is 32.2. The average molecular weight is 444 g/mol. The lowest BCUT2D eigenvalue weighted by Crippen LogP contribution is -2.31. The Morgan fingerprint density at radius 1 is 1.06 bits per heavy atom. The summed E-state index contributed by atoms with van der Waals surface area (Å²) >= 11 is 0. The zero-order chi connectivity index (χ0) is 22.8. The molecule has 0 aromatic heterocycles. The van der Waals surface area contributed by atoms with Crippen LogP contribution in [0.4, 0.5) is 11.4 Å². The molecule has 1 aliphatic heterocycles. The monoisotopic (exact) mass is 443 g/mol. The number of sulfonamides is 1. The molecule has 0 aliphatic carbocycles. The summed E-state index contributed by atoms with van der Waals surface area (Å²) in [6, 6.07) is 12.1. The van der Waals surface area contributed by atoms with Crippen molar-refractivity contribution in [2.24, 2.45) is 5.92 Å². The molecule has 1 saturated heterocycles. The number of nitrogens with one attached hydrogen (secondary N) is 1. The van der Waals surface area contributed by atoms with E-state index >= 15 is 0 Å². The Morgan fingerprint density at radius 3 is 2.19 bits per heavy atom. The third-order valence-electron chi connectivity index (χ3n) is 5.72. The number of anilines is 2. The van der Waals surface area contributed by atoms with Crippen LogP contribution >= 0.6 is 0 Å². The highest BCUT2D eigenvalue weighted by Gasteiger charge is 2.35. The Kier molecular flexibility index (Phi) is 6.81. The Morgan fingerprint density at radius 2 is 1.65 bits per heavy atom. The third-order valence-corrected chi connectivity index (χ3v) is 7.78. The lowest BCUT2D eigenvalue weighted by Gasteiger charge is -2.20. The molecule has 1 heterocycles. The van der Waals surface area contributed by atoms with Gasteiger partial charge in [0.2, 0.25) is 21.8 Å². The largest absolute Gasteiger partial charge is 0.325 e. The molecule has 3 rings (SSSR count). The van der Waals surface area contributed by atoms with Crippen molar-refractivity contribution in [3.63, 3.8) is 0 Å². The van der Waals surface area contributed by atoms with Crippen LogP contribution in [0.5, 0.6) is 0 Å². The van der Waals surface area contributed by atoms with Gasteiger partial charge in [-0.1, -0.05) is 32.0 Å². The number of rotatable bonds is 7. The molecular formula is C23H29N3O4S. The molecule has 2 amide bonds. The van der Waals surface area contributed by atoms with Gasteiger partial charge in [-0.05, 0) is 49.2 Å². The normalized spacial score (nSPS) is 16.7. The fourth-order valence-corrected chi connectivity index (χ4v) is 5.34. The molecule has 0 bridgehead atoms. The van der Waals surface area contributed by atoms with Crippen LogP contribution in [0.25, 0.3) is 0 Å². The van der Waals surface area contributed by atoms with Gasteiger partial charge in [-0.2, -0.15) is 4.31 Å². The van der Waals surface area contributed by atoms with Crippen LogP contribution in [0.3, 0.4) is 0 Å². The quantitative estimate of drug-likeness (QED) is 0.711. The maximum absolute atomic E-state index is 12.8. The lowest BCUT2D eigenvalue weighted by molar-refractivity contribution is -0.122. The molecule has 31 heavy (non-hydrogen) atoms. The average Bonchev–Trinajstić information content (AvgIpc) is 3.13. The second-order valence-electron chi connectivity index (χ2n) is 7.74. The fraction of sp³-hybridized carbons (Fsp3) is 0.391. The maximum atomic E-state index is 12.8. The van der Waals surface area contributed by atoms with Gasteiger partial charge in [-0.25, -0.2) is 8.42 Å². The van der Waals surface area contributed by atoms with E-state index in [1.165, 1.54) is 16.4 Å². The predicted molar refractivity (Wildman–Crippen MR) is 122 cm³/mol. The summed E-state index contributed by atoms with van der Waals surface area (Å²) < 4.78 is 26.7. The molecule has 1 fully saturated rings. The van der Waals surface area contributed by atoms with E-state index in [0.29, 0.717) is 18.8 Å². The summed E-state index contributed by atoms with van der Waals surface area (Å²) in [5.41, 5.74) is 3.31. The van der Waals surface area contributed by atoms with E-state index in [1.54, 1.807) is 30.9 Å². The summed E-state index contributed by atoms with van der Waals surface area (Å²) in [5, 5.41) is 2.96. The topological polar surface area (TPSA) is 86.8 Å². The van der Waals surface area contributed by atoms with Crippen LogP contribution in [0, 0.1) is 19.8 Å². The highest BCUT2D eigenvalue weighted by molar-refractivity contribution is 7.89. The molecule has 2 aromatic rings. The van der Waals surface area contributed by atoms with Gasteiger partial charge in [0.15, 0.2) is 0 Å². The lowest BCUT2D eigenvalue weighted by atomic mass is 10.1. The number of amides is 2. The van der Waals surface area contributed by atoms with Crippen LogP contribution in [0.2, 0.25) is 0 Å². The Bertz CT molecular complexity index is 1060. The predicted octanol–water partition coefficient (Wildman–Crippen LogP) is 3.33. The first-order chi connectivity index (χ1) is 14.7. The number of benzene rings is 2. The molecule has 1 N–H and O–H groups in total. The van der Waals surface area contributed by atoms with E-state index in [-0.39, 0.29) is 29.7 Å². The van der Waals surface area contributed by atoms with E-state index in [0.717, 1.165) is 16.8 Å². The van der Waals surface area contributed by atoms with Gasteiger partial charge in [0, 0.05) is 37.4 Å². The minimum Gasteiger partial charge on any atom is -0.325 e. The minimum absolute atomic E-state index is 0.121. The fourth-order valence-electron chi connectivity index (χ4n) is 3.88. The van der Waals surface area contributed by atoms with Crippen molar-refractivity contribution >= 4 is 33.2 Å². The van der Waals surface area contributed by atoms with Crippen LogP contribution in [0.15, 0.2) is 47.4 Å². The van der Waals surface area contributed by atoms with Gasteiger partial charge in [0.25, 0.3) is 0 Å². The molecule has 0 saturated carbocycles. The molecule has 0 radical (unpaired) electrons. The molecule has 1 atom stereocenters. The Labute approximate surface area is 184 Å². The number of para-hydroxylation sites is 1. The van der Waals surface area contributed by atoms with Gasteiger partial charge in [-0.3, -0.25) is 9.59 Å². The van der Waals surface area contributed by atoms with Gasteiger partial charge in [-0.15, -0.1) is 0 Å². The van der Waals surface area contributed by atoms with Crippen molar-refractivity contribution in [1.29, 1.82) is 0 Å². The van der Waals surface area contributed by atoms with Gasteiger partial charge >= 0.3 is 0 Å². The van der Waals surface area contributed by atoms with E-state index in [1.807, 2.05) is 32.0 Å². The molecule has 2 aromatic carbocycles. The number of aryl methyl sites for hydroxylation is 2. The first kappa shape index (κ1) is 23.0. The van der Waals surface area contributed by atoms with Crippen molar-refractivity contribution in [2.75, 3.05) is 29.9 Å². The SMILES string of the molecule is CCN(CC)S(=O)(=O)c1ccc(N2CC(C(=O)Nc3c(C)cccc3C)CC2=O)cc1. The summed E-state index contributed by atoms with van der Waals surface area (Å²) in [5.74, 6) is -0.805. The number of carbonyl (C=O) groups is 2. The van der Waals surface area contributed by atoms with Gasteiger partial charge in [0.05, 0.1) is 10.8 Å². The first-order valence-electron chi connectivity index (χ1n) is 10.5. The van der Waals surface area contributed by atoms with E-state index in [9.17, 15) is 18.0 Å². The van der Waals surface area contributed by atoms with Crippen molar-refractivity contribution in [1.82, 2.24) is 4.31 Å². The van der Waals surface area contributed by atoms with Crippen molar-refractivity contribution < 1.29 is 18.0 Å². The van der Waals surface area contributed by atoms with E-state index in [4.69, 9.17) is 0 Å². The summed E-state index contributed by atoms with van der Waals surface area (Å²) in [4.78, 5) is 27.1. The molecule has 7 nitrogen and oxygen atoms in total. The van der Waals surface area contributed by atoms with Crippen molar-refractivity contribution in [3.05, 3.63) is 53.6 Å². The highest BCUT2D eigenvalue weighted by Crippen LogP contribution is 2.28. The molecule has 166 valence electrons. The summed E-state index contributed by atoms with van der Waals surface area (Å²) in [6.07, 6.45) is 0.121. The summed E-state index contributed by atoms with van der Waals surface area (Å²) in [6.45, 7) is 8.50. The van der Waals surface area contributed by atoms with Crippen molar-refractivity contribution in [3.8, 4) is 0 Å².